The maximum atomic E-state index is 12.5. The molecule has 1 aliphatic rings. The van der Waals surface area contributed by atoms with Crippen molar-refractivity contribution in [2.75, 3.05) is 38.0 Å². The number of piperazine rings is 1. The Morgan fingerprint density at radius 1 is 1.00 bits per heavy atom. The van der Waals surface area contributed by atoms with E-state index in [-0.39, 0.29) is 6.03 Å². The number of urea groups is 1. The number of nitrogens with zero attached hydrogens (tertiary/aromatic N) is 2. The average Bonchev–Trinajstić information content (AvgIpc) is 2.65. The van der Waals surface area contributed by atoms with E-state index in [0.717, 1.165) is 50.4 Å². The lowest BCUT2D eigenvalue weighted by Crippen LogP contribution is -2.50. The minimum atomic E-state index is 0.0147. The van der Waals surface area contributed by atoms with E-state index in [9.17, 15) is 4.79 Å². The molecule has 0 spiro atoms. The number of rotatable bonds is 5. The minimum Gasteiger partial charge on any atom is -0.322 e. The molecule has 1 saturated heterocycles. The highest BCUT2D eigenvalue weighted by atomic mass is 16.2. The van der Waals surface area contributed by atoms with Crippen molar-refractivity contribution in [3.8, 4) is 0 Å². The van der Waals surface area contributed by atoms with Crippen molar-refractivity contribution in [3.63, 3.8) is 0 Å². The summed E-state index contributed by atoms with van der Waals surface area (Å²) in [4.78, 5) is 16.9. The van der Waals surface area contributed by atoms with Crippen molar-refractivity contribution in [1.82, 2.24) is 9.80 Å². The number of anilines is 1. The minimum absolute atomic E-state index is 0.0147. The van der Waals surface area contributed by atoms with Crippen molar-refractivity contribution in [3.05, 3.63) is 65.2 Å². The zero-order valence-corrected chi connectivity index (χ0v) is 15.9. The average molecular weight is 351 g/mol. The second-order valence-corrected chi connectivity index (χ2v) is 7.17. The number of amides is 2. The highest BCUT2D eigenvalue weighted by Crippen LogP contribution is 2.17. The molecule has 2 aromatic carbocycles. The molecule has 138 valence electrons. The zero-order chi connectivity index (χ0) is 18.4. The lowest BCUT2D eigenvalue weighted by atomic mass is 10.1. The van der Waals surface area contributed by atoms with Gasteiger partial charge in [0.05, 0.1) is 0 Å². The van der Waals surface area contributed by atoms with Gasteiger partial charge in [0.1, 0.15) is 0 Å². The van der Waals surface area contributed by atoms with Gasteiger partial charge in [-0.2, -0.15) is 0 Å². The predicted molar refractivity (Wildman–Crippen MR) is 108 cm³/mol. The van der Waals surface area contributed by atoms with E-state index in [1.165, 1.54) is 17.5 Å². The Morgan fingerprint density at radius 2 is 1.73 bits per heavy atom. The monoisotopic (exact) mass is 351 g/mol. The summed E-state index contributed by atoms with van der Waals surface area (Å²) in [6.45, 7) is 8.69. The van der Waals surface area contributed by atoms with Crippen LogP contribution in [0.15, 0.2) is 48.5 Å². The Hall–Kier alpha value is -2.33. The Bertz CT molecular complexity index is 721. The van der Waals surface area contributed by atoms with E-state index in [0.29, 0.717) is 0 Å². The molecule has 1 heterocycles. The van der Waals surface area contributed by atoms with Gasteiger partial charge in [-0.3, -0.25) is 4.90 Å². The summed E-state index contributed by atoms with van der Waals surface area (Å²) in [5.74, 6) is 0. The van der Waals surface area contributed by atoms with Crippen LogP contribution in [0.2, 0.25) is 0 Å². The molecule has 1 aliphatic heterocycles. The fourth-order valence-electron chi connectivity index (χ4n) is 3.47. The SMILES string of the molecule is Cc1ccc(NC(=O)N2CCN(CCCc3ccccc3)CC2)c(C)c1. The van der Waals surface area contributed by atoms with Gasteiger partial charge in [-0.25, -0.2) is 4.79 Å². The van der Waals surface area contributed by atoms with Crippen LogP contribution >= 0.6 is 0 Å². The molecule has 2 amide bonds. The van der Waals surface area contributed by atoms with Crippen LogP contribution in [-0.2, 0) is 6.42 Å². The third-order valence-corrected chi connectivity index (χ3v) is 5.07. The maximum absolute atomic E-state index is 12.5. The number of hydrogen-bond donors (Lipinski definition) is 1. The molecule has 26 heavy (non-hydrogen) atoms. The summed E-state index contributed by atoms with van der Waals surface area (Å²) in [5.41, 5.74) is 4.63. The molecule has 0 bridgehead atoms. The fraction of sp³-hybridized carbons (Fsp3) is 0.409. The van der Waals surface area contributed by atoms with Crippen LogP contribution in [-0.4, -0.2) is 48.6 Å². The number of benzene rings is 2. The van der Waals surface area contributed by atoms with Gasteiger partial charge in [-0.1, -0.05) is 48.0 Å². The van der Waals surface area contributed by atoms with E-state index in [4.69, 9.17) is 0 Å². The van der Waals surface area contributed by atoms with E-state index >= 15 is 0 Å². The highest BCUT2D eigenvalue weighted by Gasteiger charge is 2.21. The largest absolute Gasteiger partial charge is 0.322 e. The molecule has 0 aliphatic carbocycles. The molecule has 1 N–H and O–H groups in total. The first-order valence-corrected chi connectivity index (χ1v) is 9.51. The number of carbonyl (C=O) groups is 1. The molecule has 0 atom stereocenters. The van der Waals surface area contributed by atoms with Crippen LogP contribution in [0.4, 0.5) is 10.5 Å². The Labute approximate surface area is 156 Å². The maximum Gasteiger partial charge on any atom is 0.321 e. The summed E-state index contributed by atoms with van der Waals surface area (Å²) in [6, 6.07) is 16.8. The van der Waals surface area contributed by atoms with Crippen molar-refractivity contribution >= 4 is 11.7 Å². The Kier molecular flexibility index (Phi) is 6.29. The Balaban J connectivity index is 1.41. The van der Waals surface area contributed by atoms with Gasteiger partial charge < -0.3 is 10.2 Å². The standard InChI is InChI=1S/C22H29N3O/c1-18-10-11-21(19(2)17-18)23-22(26)25-15-13-24(14-16-25)12-6-9-20-7-4-3-5-8-20/h3-5,7-8,10-11,17H,6,9,12-16H2,1-2H3,(H,23,26). The number of nitrogens with one attached hydrogen (secondary N) is 1. The van der Waals surface area contributed by atoms with Gasteiger partial charge in [-0.05, 0) is 50.4 Å². The van der Waals surface area contributed by atoms with Gasteiger partial charge in [0.15, 0.2) is 0 Å². The van der Waals surface area contributed by atoms with Gasteiger partial charge in [0, 0.05) is 31.9 Å². The van der Waals surface area contributed by atoms with Gasteiger partial charge in [0.2, 0.25) is 0 Å². The molecular weight excluding hydrogens is 322 g/mol. The van der Waals surface area contributed by atoms with Gasteiger partial charge in [0.25, 0.3) is 0 Å². The molecule has 3 rings (SSSR count). The fourth-order valence-corrected chi connectivity index (χ4v) is 3.47. The molecule has 0 aromatic heterocycles. The first-order valence-electron chi connectivity index (χ1n) is 9.51. The lowest BCUT2D eigenvalue weighted by molar-refractivity contribution is 0.146. The molecule has 0 radical (unpaired) electrons. The lowest BCUT2D eigenvalue weighted by Gasteiger charge is -2.34. The molecule has 1 fully saturated rings. The summed E-state index contributed by atoms with van der Waals surface area (Å²) in [5, 5.41) is 3.06. The van der Waals surface area contributed by atoms with Crippen LogP contribution in [0.25, 0.3) is 0 Å². The highest BCUT2D eigenvalue weighted by molar-refractivity contribution is 5.90. The van der Waals surface area contributed by atoms with Crippen molar-refractivity contribution in [2.45, 2.75) is 26.7 Å². The Morgan fingerprint density at radius 3 is 2.42 bits per heavy atom. The molecule has 0 unspecified atom stereocenters. The quantitative estimate of drug-likeness (QED) is 0.881. The van der Waals surface area contributed by atoms with Crippen LogP contribution in [0.5, 0.6) is 0 Å². The zero-order valence-electron chi connectivity index (χ0n) is 15.9. The van der Waals surface area contributed by atoms with Gasteiger partial charge >= 0.3 is 6.03 Å². The third-order valence-electron chi connectivity index (χ3n) is 5.07. The summed E-state index contributed by atoms with van der Waals surface area (Å²) in [6.07, 6.45) is 2.28. The van der Waals surface area contributed by atoms with Gasteiger partial charge in [-0.15, -0.1) is 0 Å². The van der Waals surface area contributed by atoms with Crippen molar-refractivity contribution in [1.29, 1.82) is 0 Å². The first-order chi connectivity index (χ1) is 12.6. The molecule has 4 nitrogen and oxygen atoms in total. The summed E-state index contributed by atoms with van der Waals surface area (Å²) in [7, 11) is 0. The topological polar surface area (TPSA) is 35.6 Å². The van der Waals surface area contributed by atoms with E-state index in [1.54, 1.807) is 0 Å². The van der Waals surface area contributed by atoms with Crippen LogP contribution in [0.1, 0.15) is 23.1 Å². The normalized spacial score (nSPS) is 15.1. The summed E-state index contributed by atoms with van der Waals surface area (Å²) < 4.78 is 0. The third kappa shape index (κ3) is 5.09. The van der Waals surface area contributed by atoms with Crippen molar-refractivity contribution in [2.24, 2.45) is 0 Å². The van der Waals surface area contributed by atoms with E-state index in [1.807, 2.05) is 24.0 Å². The van der Waals surface area contributed by atoms with Crippen LogP contribution in [0, 0.1) is 13.8 Å². The second-order valence-electron chi connectivity index (χ2n) is 7.17. The van der Waals surface area contributed by atoms with E-state index < -0.39 is 0 Å². The number of hydrogen-bond acceptors (Lipinski definition) is 2. The number of aryl methyl sites for hydroxylation is 3. The molecule has 0 saturated carbocycles. The number of carbonyl (C=O) groups excluding carboxylic acids is 1. The molecule has 2 aromatic rings. The van der Waals surface area contributed by atoms with Crippen LogP contribution < -0.4 is 5.32 Å². The molecule has 4 heteroatoms. The van der Waals surface area contributed by atoms with Crippen LogP contribution in [0.3, 0.4) is 0 Å². The second kappa shape index (κ2) is 8.86. The van der Waals surface area contributed by atoms with E-state index in [2.05, 4.69) is 53.5 Å². The predicted octanol–water partition coefficient (Wildman–Crippen LogP) is 4.09. The summed E-state index contributed by atoms with van der Waals surface area (Å²) >= 11 is 0. The first kappa shape index (κ1) is 18.5. The van der Waals surface area contributed by atoms with Crippen molar-refractivity contribution < 1.29 is 4.79 Å². The smallest absolute Gasteiger partial charge is 0.321 e. The molecular formula is C22H29N3O.